The molecule has 0 atom stereocenters. The molecule has 4 heteroatoms. The molecule has 100 valence electrons. The van der Waals surface area contributed by atoms with Gasteiger partial charge in [-0.05, 0) is 35.7 Å². The molecule has 0 unspecified atom stereocenters. The number of fused-ring (bicyclic) bond motifs is 1. The highest BCUT2D eigenvalue weighted by Crippen LogP contribution is 2.30. The van der Waals surface area contributed by atoms with Crippen LogP contribution >= 0.6 is 0 Å². The molecule has 1 heterocycles. The molecule has 1 aliphatic rings. The molecule has 0 aromatic heterocycles. The number of nitrogens with zero attached hydrogens (tertiary/aromatic N) is 2. The molecule has 2 aromatic carbocycles. The lowest BCUT2D eigenvalue weighted by Crippen LogP contribution is -2.31. The van der Waals surface area contributed by atoms with Crippen LogP contribution in [0.1, 0.15) is 16.7 Å². The van der Waals surface area contributed by atoms with Gasteiger partial charge in [0.2, 0.25) is 0 Å². The molecular weight excluding hydrogens is 253 g/mol. The van der Waals surface area contributed by atoms with E-state index in [1.807, 2.05) is 23.1 Å². The number of nitriles is 1. The molecule has 3 rings (SSSR count). The maximum Gasteiger partial charge on any atom is 0.143 e. The molecule has 0 aliphatic carbocycles. The Morgan fingerprint density at radius 1 is 1.20 bits per heavy atom. The molecule has 0 saturated carbocycles. The predicted molar refractivity (Wildman–Crippen MR) is 76.7 cm³/mol. The van der Waals surface area contributed by atoms with Crippen molar-refractivity contribution in [3.63, 3.8) is 0 Å². The summed E-state index contributed by atoms with van der Waals surface area (Å²) < 4.78 is 13.7. The van der Waals surface area contributed by atoms with Gasteiger partial charge in [-0.3, -0.25) is 0 Å². The number of rotatable bonds is 1. The molecule has 3 nitrogen and oxygen atoms in total. The predicted octanol–water partition coefficient (Wildman–Crippen LogP) is 2.84. The third-order valence-corrected chi connectivity index (χ3v) is 3.75. The van der Waals surface area contributed by atoms with Crippen LogP contribution in [0.2, 0.25) is 0 Å². The first-order valence-corrected chi connectivity index (χ1v) is 6.50. The van der Waals surface area contributed by atoms with Crippen molar-refractivity contribution in [2.45, 2.75) is 13.0 Å². The van der Waals surface area contributed by atoms with Crippen molar-refractivity contribution in [1.29, 1.82) is 5.26 Å². The Morgan fingerprint density at radius 2 is 2.00 bits per heavy atom. The number of nitrogens with two attached hydrogens (primary N) is 1. The zero-order chi connectivity index (χ0) is 14.1. The van der Waals surface area contributed by atoms with Crippen LogP contribution in [0.3, 0.4) is 0 Å². The van der Waals surface area contributed by atoms with Crippen LogP contribution in [-0.4, -0.2) is 6.54 Å². The number of benzene rings is 2. The largest absolute Gasteiger partial charge is 0.398 e. The first-order valence-electron chi connectivity index (χ1n) is 6.50. The number of nitrogen functional groups attached to an aromatic ring is 1. The zero-order valence-electron chi connectivity index (χ0n) is 10.9. The van der Waals surface area contributed by atoms with Crippen LogP contribution in [0, 0.1) is 17.1 Å². The van der Waals surface area contributed by atoms with Gasteiger partial charge in [0.25, 0.3) is 0 Å². The first kappa shape index (κ1) is 12.5. The minimum Gasteiger partial charge on any atom is -0.398 e. The summed E-state index contributed by atoms with van der Waals surface area (Å²) in [6.45, 7) is 1.37. The first-order chi connectivity index (χ1) is 9.70. The molecule has 0 spiro atoms. The van der Waals surface area contributed by atoms with Gasteiger partial charge in [0.05, 0.1) is 5.69 Å². The molecule has 2 N–H and O–H groups in total. The van der Waals surface area contributed by atoms with Crippen molar-refractivity contribution in [1.82, 2.24) is 0 Å². The molecule has 0 fully saturated rings. The zero-order valence-corrected chi connectivity index (χ0v) is 10.9. The van der Waals surface area contributed by atoms with Gasteiger partial charge >= 0.3 is 0 Å². The maximum absolute atomic E-state index is 13.7. The molecule has 0 amide bonds. The third kappa shape index (κ3) is 1.97. The average Bonchev–Trinajstić information content (AvgIpc) is 2.47. The lowest BCUT2D eigenvalue weighted by atomic mass is 9.97. The molecular formula is C16H14FN3. The molecule has 2 aromatic rings. The number of hydrogen-bond donors (Lipinski definition) is 1. The van der Waals surface area contributed by atoms with Crippen molar-refractivity contribution >= 4 is 11.4 Å². The summed E-state index contributed by atoms with van der Waals surface area (Å²) in [6, 6.07) is 12.6. The normalized spacial score (nSPS) is 13.7. The highest BCUT2D eigenvalue weighted by Gasteiger charge is 2.21. The van der Waals surface area contributed by atoms with Gasteiger partial charge in [-0.1, -0.05) is 18.2 Å². The fourth-order valence-corrected chi connectivity index (χ4v) is 2.70. The summed E-state index contributed by atoms with van der Waals surface area (Å²) in [7, 11) is 0. The van der Waals surface area contributed by atoms with Gasteiger partial charge in [0.1, 0.15) is 17.4 Å². The van der Waals surface area contributed by atoms with Crippen molar-refractivity contribution < 1.29 is 4.39 Å². The van der Waals surface area contributed by atoms with Crippen LogP contribution in [0.25, 0.3) is 0 Å². The lowest BCUT2D eigenvalue weighted by molar-refractivity contribution is 0.621. The van der Waals surface area contributed by atoms with Gasteiger partial charge in [-0.25, -0.2) is 4.39 Å². The summed E-state index contributed by atoms with van der Waals surface area (Å²) in [6.07, 6.45) is 0.849. The van der Waals surface area contributed by atoms with Crippen molar-refractivity contribution in [3.05, 3.63) is 58.9 Å². The van der Waals surface area contributed by atoms with Gasteiger partial charge < -0.3 is 10.6 Å². The minimum atomic E-state index is -0.475. The summed E-state index contributed by atoms with van der Waals surface area (Å²) in [5.74, 6) is -0.475. The highest BCUT2D eigenvalue weighted by atomic mass is 19.1. The Kier molecular flexibility index (Phi) is 3.03. The van der Waals surface area contributed by atoms with Crippen LogP contribution < -0.4 is 10.6 Å². The smallest absolute Gasteiger partial charge is 0.143 e. The monoisotopic (exact) mass is 267 g/mol. The summed E-state index contributed by atoms with van der Waals surface area (Å²) in [5, 5.41) is 9.14. The van der Waals surface area contributed by atoms with E-state index in [2.05, 4.69) is 6.07 Å². The molecule has 20 heavy (non-hydrogen) atoms. The van der Waals surface area contributed by atoms with E-state index in [-0.39, 0.29) is 5.56 Å². The second kappa shape index (κ2) is 4.86. The molecule has 0 bridgehead atoms. The van der Waals surface area contributed by atoms with E-state index in [1.54, 1.807) is 12.1 Å². The van der Waals surface area contributed by atoms with E-state index in [1.165, 1.54) is 11.6 Å². The van der Waals surface area contributed by atoms with Crippen LogP contribution in [-0.2, 0) is 13.0 Å². The quantitative estimate of drug-likeness (QED) is 0.808. The third-order valence-electron chi connectivity index (χ3n) is 3.75. The second-order valence-corrected chi connectivity index (χ2v) is 4.90. The lowest BCUT2D eigenvalue weighted by Gasteiger charge is -2.32. The average molecular weight is 267 g/mol. The van der Waals surface area contributed by atoms with Gasteiger partial charge in [0, 0.05) is 18.8 Å². The number of hydrogen-bond acceptors (Lipinski definition) is 3. The van der Waals surface area contributed by atoms with E-state index in [4.69, 9.17) is 11.0 Å². The second-order valence-electron chi connectivity index (χ2n) is 4.90. The molecule has 0 radical (unpaired) electrons. The van der Waals surface area contributed by atoms with Gasteiger partial charge in [-0.15, -0.1) is 0 Å². The SMILES string of the molecule is N#Cc1c(F)cccc1N1CCc2cccc(N)c2C1. The fourth-order valence-electron chi connectivity index (χ4n) is 2.70. The van der Waals surface area contributed by atoms with Crippen LogP contribution in [0.4, 0.5) is 15.8 Å². The Balaban J connectivity index is 2.01. The maximum atomic E-state index is 13.7. The van der Waals surface area contributed by atoms with Crippen molar-refractivity contribution in [3.8, 4) is 6.07 Å². The van der Waals surface area contributed by atoms with E-state index in [0.717, 1.165) is 24.2 Å². The van der Waals surface area contributed by atoms with E-state index >= 15 is 0 Å². The van der Waals surface area contributed by atoms with E-state index < -0.39 is 5.82 Å². The Hall–Kier alpha value is -2.54. The number of halogens is 1. The van der Waals surface area contributed by atoms with E-state index in [9.17, 15) is 4.39 Å². The topological polar surface area (TPSA) is 53.0 Å². The Labute approximate surface area is 117 Å². The van der Waals surface area contributed by atoms with Gasteiger partial charge in [-0.2, -0.15) is 5.26 Å². The summed E-state index contributed by atoms with van der Waals surface area (Å²) in [4.78, 5) is 2.01. The van der Waals surface area contributed by atoms with Gasteiger partial charge in [0.15, 0.2) is 0 Å². The van der Waals surface area contributed by atoms with Crippen LogP contribution in [0.5, 0.6) is 0 Å². The number of anilines is 2. The Bertz CT molecular complexity index is 703. The highest BCUT2D eigenvalue weighted by molar-refractivity contribution is 5.63. The molecule has 0 saturated heterocycles. The minimum absolute atomic E-state index is 0.102. The molecule has 1 aliphatic heterocycles. The Morgan fingerprint density at radius 3 is 2.80 bits per heavy atom. The van der Waals surface area contributed by atoms with Crippen molar-refractivity contribution in [2.75, 3.05) is 17.2 Å². The standard InChI is InChI=1S/C16H14FN3/c17-14-4-2-6-16(12(14)9-18)20-8-7-11-3-1-5-15(19)13(11)10-20/h1-6H,7-8,10,19H2. The fraction of sp³-hybridized carbons (Fsp3) is 0.188. The summed E-state index contributed by atoms with van der Waals surface area (Å²) in [5.41, 5.74) is 9.82. The van der Waals surface area contributed by atoms with E-state index in [0.29, 0.717) is 12.2 Å². The van der Waals surface area contributed by atoms with Crippen molar-refractivity contribution in [2.24, 2.45) is 0 Å². The van der Waals surface area contributed by atoms with Crippen LogP contribution in [0.15, 0.2) is 36.4 Å². The summed E-state index contributed by atoms with van der Waals surface area (Å²) >= 11 is 0.